The molecule has 3 rings (SSSR count). The van der Waals surface area contributed by atoms with Gasteiger partial charge in [-0.15, -0.1) is 0 Å². The standard InChI is InChI=1S/C21H21F3N2O4/c1-29-18-8-3-2-6-15(18)9-10-19(27)25-13-14-5-4-7-16(11-14)17-12-20(28,30-26-17)21(22,23)24/h2-8,11,28H,9-10,12-13H2,1H3,(H,25,27). The summed E-state index contributed by atoms with van der Waals surface area (Å²) in [4.78, 5) is 16.4. The maximum absolute atomic E-state index is 12.9. The third-order valence-electron chi connectivity index (χ3n) is 4.72. The monoisotopic (exact) mass is 422 g/mol. The number of ether oxygens (including phenoxy) is 1. The number of carbonyl (C=O) groups is 1. The highest BCUT2D eigenvalue weighted by atomic mass is 19.4. The molecule has 2 aromatic carbocycles. The number of amides is 1. The first kappa shape index (κ1) is 21.6. The minimum Gasteiger partial charge on any atom is -0.496 e. The van der Waals surface area contributed by atoms with Gasteiger partial charge in [-0.3, -0.25) is 4.79 Å². The number of nitrogens with one attached hydrogen (secondary N) is 1. The van der Waals surface area contributed by atoms with Crippen LogP contribution in [0.15, 0.2) is 53.7 Å². The Bertz CT molecular complexity index is 946. The Kier molecular flexibility index (Phi) is 6.31. The van der Waals surface area contributed by atoms with Gasteiger partial charge >= 0.3 is 12.0 Å². The van der Waals surface area contributed by atoms with Gasteiger partial charge in [0.2, 0.25) is 5.91 Å². The number of oxime groups is 1. The van der Waals surface area contributed by atoms with Crippen LogP contribution in [0.1, 0.15) is 29.5 Å². The Morgan fingerprint density at radius 1 is 1.27 bits per heavy atom. The summed E-state index contributed by atoms with van der Waals surface area (Å²) in [6.07, 6.45) is -4.98. The highest BCUT2D eigenvalue weighted by molar-refractivity contribution is 6.01. The van der Waals surface area contributed by atoms with E-state index in [2.05, 4.69) is 15.3 Å². The molecular weight excluding hydrogens is 401 g/mol. The Morgan fingerprint density at radius 3 is 2.73 bits per heavy atom. The number of hydrogen-bond donors (Lipinski definition) is 2. The van der Waals surface area contributed by atoms with Crippen molar-refractivity contribution < 1.29 is 32.6 Å². The summed E-state index contributed by atoms with van der Waals surface area (Å²) in [6, 6.07) is 14.0. The van der Waals surface area contributed by atoms with Gasteiger partial charge in [0.15, 0.2) is 0 Å². The van der Waals surface area contributed by atoms with E-state index in [4.69, 9.17) is 4.74 Å². The smallest absolute Gasteiger partial charge is 0.458 e. The van der Waals surface area contributed by atoms with Crippen LogP contribution < -0.4 is 10.1 Å². The van der Waals surface area contributed by atoms with Crippen LogP contribution in [0.5, 0.6) is 5.75 Å². The van der Waals surface area contributed by atoms with Crippen LogP contribution >= 0.6 is 0 Å². The quantitative estimate of drug-likeness (QED) is 0.718. The first-order valence-corrected chi connectivity index (χ1v) is 9.24. The Labute approximate surface area is 171 Å². The van der Waals surface area contributed by atoms with Crippen LogP contribution in [0, 0.1) is 0 Å². The number of carbonyl (C=O) groups excluding carboxylic acids is 1. The van der Waals surface area contributed by atoms with Crippen molar-refractivity contribution >= 4 is 11.6 Å². The van der Waals surface area contributed by atoms with Crippen LogP contribution in [0.3, 0.4) is 0 Å². The first-order chi connectivity index (χ1) is 14.2. The molecule has 30 heavy (non-hydrogen) atoms. The molecule has 1 unspecified atom stereocenters. The van der Waals surface area contributed by atoms with Crippen molar-refractivity contribution in [2.24, 2.45) is 5.16 Å². The second-order valence-corrected chi connectivity index (χ2v) is 6.88. The molecule has 160 valence electrons. The second kappa shape index (κ2) is 8.74. The van der Waals surface area contributed by atoms with Crippen LogP contribution in [0.4, 0.5) is 13.2 Å². The van der Waals surface area contributed by atoms with E-state index in [0.717, 1.165) is 11.3 Å². The minimum atomic E-state index is -4.95. The molecule has 0 spiro atoms. The summed E-state index contributed by atoms with van der Waals surface area (Å²) in [5, 5.41) is 15.7. The Balaban J connectivity index is 1.55. The third kappa shape index (κ3) is 4.91. The fraction of sp³-hybridized carbons (Fsp3) is 0.333. The minimum absolute atomic E-state index is 0.0147. The summed E-state index contributed by atoms with van der Waals surface area (Å²) >= 11 is 0. The van der Waals surface area contributed by atoms with Crippen molar-refractivity contribution in [3.8, 4) is 5.75 Å². The number of nitrogens with zero attached hydrogens (tertiary/aromatic N) is 1. The molecule has 0 fully saturated rings. The number of aryl methyl sites for hydroxylation is 1. The van der Waals surface area contributed by atoms with Gasteiger partial charge in [-0.1, -0.05) is 41.6 Å². The lowest BCUT2D eigenvalue weighted by molar-refractivity contribution is -0.355. The lowest BCUT2D eigenvalue weighted by Crippen LogP contribution is -2.45. The van der Waals surface area contributed by atoms with Crippen molar-refractivity contribution in [2.45, 2.75) is 37.8 Å². The molecule has 6 nitrogen and oxygen atoms in total. The van der Waals surface area contributed by atoms with Gasteiger partial charge in [-0.25, -0.2) is 0 Å². The maximum Gasteiger partial charge on any atom is 0.458 e. The van der Waals surface area contributed by atoms with Gasteiger partial charge in [0.05, 0.1) is 19.2 Å². The van der Waals surface area contributed by atoms with Crippen molar-refractivity contribution in [2.75, 3.05) is 7.11 Å². The molecule has 1 aliphatic rings. The Hall–Kier alpha value is -3.07. The van der Waals surface area contributed by atoms with E-state index in [0.29, 0.717) is 17.5 Å². The molecule has 9 heteroatoms. The van der Waals surface area contributed by atoms with Gasteiger partial charge in [0.1, 0.15) is 5.75 Å². The molecule has 1 aliphatic heterocycles. The van der Waals surface area contributed by atoms with Crippen LogP contribution in [-0.4, -0.2) is 35.8 Å². The Morgan fingerprint density at radius 2 is 2.03 bits per heavy atom. The van der Waals surface area contributed by atoms with E-state index < -0.39 is 18.4 Å². The topological polar surface area (TPSA) is 80.2 Å². The molecule has 2 N–H and O–H groups in total. The third-order valence-corrected chi connectivity index (χ3v) is 4.72. The average molecular weight is 422 g/mol. The maximum atomic E-state index is 12.9. The van der Waals surface area contributed by atoms with E-state index in [-0.39, 0.29) is 24.6 Å². The van der Waals surface area contributed by atoms with Gasteiger partial charge in [-0.05, 0) is 35.2 Å². The molecule has 2 aromatic rings. The van der Waals surface area contributed by atoms with Crippen LogP contribution in [0.25, 0.3) is 0 Å². The molecule has 1 amide bonds. The van der Waals surface area contributed by atoms with E-state index >= 15 is 0 Å². The van der Waals surface area contributed by atoms with Crippen molar-refractivity contribution in [3.63, 3.8) is 0 Å². The molecule has 1 atom stereocenters. The van der Waals surface area contributed by atoms with Gasteiger partial charge < -0.3 is 20.0 Å². The zero-order valence-electron chi connectivity index (χ0n) is 16.2. The van der Waals surface area contributed by atoms with Gasteiger partial charge in [0.25, 0.3) is 0 Å². The number of rotatable bonds is 7. The van der Waals surface area contributed by atoms with Crippen molar-refractivity contribution in [3.05, 3.63) is 65.2 Å². The number of methoxy groups -OCH3 is 1. The molecule has 0 radical (unpaired) electrons. The van der Waals surface area contributed by atoms with E-state index in [1.807, 2.05) is 24.3 Å². The molecule has 0 aliphatic carbocycles. The van der Waals surface area contributed by atoms with Crippen LogP contribution in [-0.2, 0) is 22.6 Å². The predicted molar refractivity (Wildman–Crippen MR) is 103 cm³/mol. The van der Waals surface area contributed by atoms with E-state index in [1.54, 1.807) is 31.4 Å². The summed E-state index contributed by atoms with van der Waals surface area (Å²) in [5.41, 5.74) is 1.98. The molecule has 0 aromatic heterocycles. The summed E-state index contributed by atoms with van der Waals surface area (Å²) in [5.74, 6) is -2.76. The lowest BCUT2D eigenvalue weighted by atomic mass is 10.0. The molecule has 1 heterocycles. The fourth-order valence-corrected chi connectivity index (χ4v) is 3.04. The highest BCUT2D eigenvalue weighted by Crippen LogP contribution is 2.38. The SMILES string of the molecule is COc1ccccc1CCC(=O)NCc1cccc(C2=NOC(O)(C(F)(F)F)C2)c1. The van der Waals surface area contributed by atoms with Gasteiger partial charge in [-0.2, -0.15) is 13.2 Å². The number of hydrogen-bond acceptors (Lipinski definition) is 5. The fourth-order valence-electron chi connectivity index (χ4n) is 3.04. The predicted octanol–water partition coefficient (Wildman–Crippen LogP) is 3.32. The number of benzene rings is 2. The summed E-state index contributed by atoms with van der Waals surface area (Å²) in [6.45, 7) is 0.205. The van der Waals surface area contributed by atoms with E-state index in [1.165, 1.54) is 0 Å². The van der Waals surface area contributed by atoms with Crippen molar-refractivity contribution in [1.29, 1.82) is 0 Å². The largest absolute Gasteiger partial charge is 0.496 e. The van der Waals surface area contributed by atoms with Crippen molar-refractivity contribution in [1.82, 2.24) is 5.32 Å². The molecule has 0 saturated carbocycles. The summed E-state index contributed by atoms with van der Waals surface area (Å²) < 4.78 is 43.8. The number of alkyl halides is 3. The highest BCUT2D eigenvalue weighted by Gasteiger charge is 2.60. The summed E-state index contributed by atoms with van der Waals surface area (Å²) in [7, 11) is 1.57. The zero-order valence-corrected chi connectivity index (χ0v) is 16.2. The molecule has 0 bridgehead atoms. The van der Waals surface area contributed by atoms with E-state index in [9.17, 15) is 23.1 Å². The average Bonchev–Trinajstić information content (AvgIpc) is 3.15. The lowest BCUT2D eigenvalue weighted by Gasteiger charge is -2.22. The number of para-hydroxylation sites is 1. The zero-order chi connectivity index (χ0) is 21.8. The second-order valence-electron chi connectivity index (χ2n) is 6.88. The normalized spacial score (nSPS) is 18.5. The number of aliphatic hydroxyl groups is 1. The van der Waals surface area contributed by atoms with Crippen LogP contribution in [0.2, 0.25) is 0 Å². The number of halogens is 3. The van der Waals surface area contributed by atoms with Gasteiger partial charge in [0, 0.05) is 13.0 Å². The molecule has 0 saturated heterocycles. The molecular formula is C21H21F3N2O4. The first-order valence-electron chi connectivity index (χ1n) is 9.24.